The van der Waals surface area contributed by atoms with Crippen LogP contribution in [-0.4, -0.2) is 12.5 Å². The Morgan fingerprint density at radius 3 is 2.60 bits per heavy atom. The monoisotopic (exact) mass is 206 g/mol. The third kappa shape index (κ3) is 5.86. The Morgan fingerprint density at radius 2 is 1.93 bits per heavy atom. The lowest BCUT2D eigenvalue weighted by atomic mass is 10.1. The minimum absolute atomic E-state index is 0.0435. The molecule has 0 aliphatic rings. The second-order valence-corrected chi connectivity index (χ2v) is 3.55. The van der Waals surface area contributed by atoms with Crippen LogP contribution in [0.5, 0.6) is 0 Å². The maximum Gasteiger partial charge on any atom is 0.230 e. The number of hydrogen-bond donors (Lipinski definition) is 2. The molecule has 1 rings (SSSR count). The minimum Gasteiger partial charge on any atom is -0.292 e. The zero-order chi connectivity index (χ0) is 10.9. The molecule has 0 radical (unpaired) electrons. The van der Waals surface area contributed by atoms with E-state index in [0.717, 1.165) is 25.8 Å². The summed E-state index contributed by atoms with van der Waals surface area (Å²) < 4.78 is 0. The predicted molar refractivity (Wildman–Crippen MR) is 61.2 cm³/mol. The van der Waals surface area contributed by atoms with Gasteiger partial charge in [-0.1, -0.05) is 30.3 Å². The van der Waals surface area contributed by atoms with Crippen molar-refractivity contribution in [2.24, 2.45) is 0 Å². The van der Waals surface area contributed by atoms with Crippen molar-refractivity contribution >= 4 is 5.91 Å². The lowest BCUT2D eigenvalue weighted by molar-refractivity contribution is -0.119. The van der Waals surface area contributed by atoms with E-state index in [1.165, 1.54) is 12.5 Å². The minimum atomic E-state index is -0.0435. The van der Waals surface area contributed by atoms with Gasteiger partial charge < -0.3 is 0 Å². The summed E-state index contributed by atoms with van der Waals surface area (Å²) in [7, 11) is 0. The fourth-order valence-corrected chi connectivity index (χ4v) is 1.37. The first-order valence-corrected chi connectivity index (χ1v) is 5.32. The Hall–Kier alpha value is -1.35. The van der Waals surface area contributed by atoms with E-state index in [9.17, 15) is 4.79 Å². The number of carbonyl (C=O) groups is 1. The summed E-state index contributed by atoms with van der Waals surface area (Å²) in [6.45, 7) is 2.32. The number of aryl methyl sites for hydroxylation is 1. The molecule has 3 heteroatoms. The summed E-state index contributed by atoms with van der Waals surface area (Å²) in [5.41, 5.74) is 6.80. The van der Waals surface area contributed by atoms with Crippen molar-refractivity contribution in [3.8, 4) is 0 Å². The molecule has 0 aliphatic heterocycles. The van der Waals surface area contributed by atoms with E-state index in [2.05, 4.69) is 35.1 Å². The van der Waals surface area contributed by atoms with Gasteiger partial charge in [0.25, 0.3) is 0 Å². The molecular weight excluding hydrogens is 188 g/mol. The fraction of sp³-hybridized carbons (Fsp3) is 0.417. The molecular formula is C12H18N2O. The molecule has 0 unspecified atom stereocenters. The molecule has 0 fully saturated rings. The number of nitrogens with one attached hydrogen (secondary N) is 2. The molecule has 0 saturated heterocycles. The topological polar surface area (TPSA) is 41.1 Å². The van der Waals surface area contributed by atoms with Gasteiger partial charge in [0, 0.05) is 13.5 Å². The van der Waals surface area contributed by atoms with Crippen LogP contribution >= 0.6 is 0 Å². The second-order valence-electron chi connectivity index (χ2n) is 3.55. The molecule has 1 aromatic rings. The van der Waals surface area contributed by atoms with Crippen molar-refractivity contribution in [3.05, 3.63) is 35.9 Å². The van der Waals surface area contributed by atoms with E-state index in [-0.39, 0.29) is 5.91 Å². The van der Waals surface area contributed by atoms with Crippen LogP contribution in [0.4, 0.5) is 0 Å². The van der Waals surface area contributed by atoms with Gasteiger partial charge >= 0.3 is 0 Å². The van der Waals surface area contributed by atoms with Gasteiger partial charge in [0.15, 0.2) is 0 Å². The first-order valence-electron chi connectivity index (χ1n) is 5.32. The third-order valence-corrected chi connectivity index (χ3v) is 2.12. The van der Waals surface area contributed by atoms with Gasteiger partial charge in [0.2, 0.25) is 5.91 Å². The standard InChI is InChI=1S/C12H18N2O/c1-11(15)14-13-10-6-5-9-12-7-3-2-4-8-12/h2-4,7-8,13H,5-6,9-10H2,1H3,(H,14,15). The zero-order valence-electron chi connectivity index (χ0n) is 9.12. The van der Waals surface area contributed by atoms with Crippen molar-refractivity contribution in [3.63, 3.8) is 0 Å². The molecule has 82 valence electrons. The molecule has 1 aromatic carbocycles. The van der Waals surface area contributed by atoms with Gasteiger partial charge in [-0.3, -0.25) is 10.2 Å². The van der Waals surface area contributed by atoms with Crippen LogP contribution in [0, 0.1) is 0 Å². The molecule has 0 saturated carbocycles. The van der Waals surface area contributed by atoms with Crippen LogP contribution in [0.15, 0.2) is 30.3 Å². The van der Waals surface area contributed by atoms with E-state index in [0.29, 0.717) is 0 Å². The van der Waals surface area contributed by atoms with Crippen LogP contribution in [0.25, 0.3) is 0 Å². The van der Waals surface area contributed by atoms with E-state index in [1.807, 2.05) is 6.07 Å². The first kappa shape index (κ1) is 11.7. The second kappa shape index (κ2) is 7.01. The van der Waals surface area contributed by atoms with Crippen molar-refractivity contribution in [1.82, 2.24) is 10.9 Å². The molecule has 0 aromatic heterocycles. The molecule has 15 heavy (non-hydrogen) atoms. The Labute approximate surface area is 90.9 Å². The largest absolute Gasteiger partial charge is 0.292 e. The van der Waals surface area contributed by atoms with Gasteiger partial charge in [-0.15, -0.1) is 0 Å². The van der Waals surface area contributed by atoms with Crippen molar-refractivity contribution in [2.75, 3.05) is 6.54 Å². The number of carbonyl (C=O) groups excluding carboxylic acids is 1. The van der Waals surface area contributed by atoms with E-state index < -0.39 is 0 Å². The Morgan fingerprint density at radius 1 is 1.20 bits per heavy atom. The molecule has 0 heterocycles. The van der Waals surface area contributed by atoms with Crippen LogP contribution < -0.4 is 10.9 Å². The number of hydrogen-bond acceptors (Lipinski definition) is 2. The number of amides is 1. The highest BCUT2D eigenvalue weighted by Gasteiger charge is 1.92. The molecule has 0 aliphatic carbocycles. The number of hydrazine groups is 1. The molecule has 0 spiro atoms. The molecule has 3 nitrogen and oxygen atoms in total. The van der Waals surface area contributed by atoms with Crippen LogP contribution in [0.1, 0.15) is 25.3 Å². The lowest BCUT2D eigenvalue weighted by Gasteiger charge is -2.04. The highest BCUT2D eigenvalue weighted by atomic mass is 16.2. The fourth-order valence-electron chi connectivity index (χ4n) is 1.37. The predicted octanol–water partition coefficient (Wildman–Crippen LogP) is 1.65. The summed E-state index contributed by atoms with van der Waals surface area (Å²) >= 11 is 0. The van der Waals surface area contributed by atoms with Crippen LogP contribution in [-0.2, 0) is 11.2 Å². The summed E-state index contributed by atoms with van der Waals surface area (Å²) in [6, 6.07) is 10.4. The number of rotatable bonds is 6. The van der Waals surface area contributed by atoms with E-state index in [4.69, 9.17) is 0 Å². The van der Waals surface area contributed by atoms with Crippen LogP contribution in [0.2, 0.25) is 0 Å². The maximum atomic E-state index is 10.5. The average molecular weight is 206 g/mol. The summed E-state index contributed by atoms with van der Waals surface area (Å²) in [6.07, 6.45) is 3.30. The lowest BCUT2D eigenvalue weighted by Crippen LogP contribution is -2.36. The SMILES string of the molecule is CC(=O)NNCCCCc1ccccc1. The Balaban J connectivity index is 2.00. The Kier molecular flexibility index (Phi) is 5.48. The highest BCUT2D eigenvalue weighted by Crippen LogP contribution is 2.03. The summed E-state index contributed by atoms with van der Waals surface area (Å²) in [5.74, 6) is -0.0435. The normalized spacial score (nSPS) is 9.93. The van der Waals surface area contributed by atoms with Crippen molar-refractivity contribution < 1.29 is 4.79 Å². The van der Waals surface area contributed by atoms with E-state index in [1.54, 1.807) is 0 Å². The van der Waals surface area contributed by atoms with Crippen molar-refractivity contribution in [2.45, 2.75) is 26.2 Å². The van der Waals surface area contributed by atoms with Gasteiger partial charge in [0.1, 0.15) is 0 Å². The quantitative estimate of drug-likeness (QED) is 0.549. The van der Waals surface area contributed by atoms with E-state index >= 15 is 0 Å². The van der Waals surface area contributed by atoms with Crippen molar-refractivity contribution in [1.29, 1.82) is 0 Å². The van der Waals surface area contributed by atoms with Gasteiger partial charge in [0.05, 0.1) is 0 Å². The molecule has 1 amide bonds. The van der Waals surface area contributed by atoms with Gasteiger partial charge in [-0.2, -0.15) is 0 Å². The maximum absolute atomic E-state index is 10.5. The third-order valence-electron chi connectivity index (χ3n) is 2.12. The zero-order valence-corrected chi connectivity index (χ0v) is 9.12. The highest BCUT2D eigenvalue weighted by molar-refractivity contribution is 5.72. The smallest absolute Gasteiger partial charge is 0.230 e. The summed E-state index contributed by atoms with van der Waals surface area (Å²) in [5, 5.41) is 0. The molecule has 2 N–H and O–H groups in total. The first-order chi connectivity index (χ1) is 7.29. The molecule has 0 atom stereocenters. The number of unbranched alkanes of at least 4 members (excludes halogenated alkanes) is 1. The van der Waals surface area contributed by atoms with Gasteiger partial charge in [-0.05, 0) is 24.8 Å². The number of benzene rings is 1. The molecule has 0 bridgehead atoms. The van der Waals surface area contributed by atoms with Crippen LogP contribution in [0.3, 0.4) is 0 Å². The average Bonchev–Trinajstić information content (AvgIpc) is 2.24. The summed E-state index contributed by atoms with van der Waals surface area (Å²) in [4.78, 5) is 10.5. The Bertz CT molecular complexity index is 285. The van der Waals surface area contributed by atoms with Gasteiger partial charge in [-0.25, -0.2) is 5.43 Å².